The molecule has 4 N–H and O–H groups in total. The first-order valence-corrected chi connectivity index (χ1v) is 2.83. The van der Waals surface area contributed by atoms with Crippen LogP contribution in [0, 0.1) is 0 Å². The van der Waals surface area contributed by atoms with Crippen molar-refractivity contribution in [3.8, 4) is 0 Å². The fourth-order valence-corrected chi connectivity index (χ4v) is 0.809. The van der Waals surface area contributed by atoms with Gasteiger partial charge >= 0.3 is 0 Å². The van der Waals surface area contributed by atoms with E-state index in [9.17, 15) is 0 Å². The molecule has 1 rings (SSSR count). The molecule has 0 aromatic heterocycles. The zero-order valence-corrected chi connectivity index (χ0v) is 4.80. The van der Waals surface area contributed by atoms with Crippen molar-refractivity contribution in [2.24, 2.45) is 16.5 Å². The molecule has 0 radical (unpaired) electrons. The fourth-order valence-electron chi connectivity index (χ4n) is 0.809. The van der Waals surface area contributed by atoms with Crippen LogP contribution in [0.2, 0.25) is 0 Å². The van der Waals surface area contributed by atoms with Crippen LogP contribution in [0.4, 0.5) is 0 Å². The molecule has 1 atom stereocenters. The Kier molecular flexibility index (Phi) is 1.48. The van der Waals surface area contributed by atoms with E-state index >= 15 is 0 Å². The third-order valence-electron chi connectivity index (χ3n) is 1.29. The number of hydrogen-bond acceptors (Lipinski definition) is 3. The highest BCUT2D eigenvalue weighted by Crippen LogP contribution is 2.00. The van der Waals surface area contributed by atoms with Gasteiger partial charge < -0.3 is 11.5 Å². The van der Waals surface area contributed by atoms with Crippen LogP contribution >= 0.6 is 0 Å². The number of nitrogens with zero attached hydrogens (tertiary/aromatic N) is 1. The van der Waals surface area contributed by atoms with E-state index in [-0.39, 0.29) is 6.04 Å². The second-order valence-corrected chi connectivity index (χ2v) is 2.13. The lowest BCUT2D eigenvalue weighted by Gasteiger charge is -2.14. The van der Waals surface area contributed by atoms with Crippen LogP contribution in [-0.4, -0.2) is 18.4 Å². The number of hydrogen-bond donors (Lipinski definition) is 2. The average molecular weight is 113 g/mol. The van der Waals surface area contributed by atoms with Crippen molar-refractivity contribution >= 4 is 5.84 Å². The molecular formula is C5H11N3. The Bertz CT molecular complexity index is 108. The van der Waals surface area contributed by atoms with E-state index in [0.29, 0.717) is 5.84 Å². The van der Waals surface area contributed by atoms with Crippen molar-refractivity contribution in [3.63, 3.8) is 0 Å². The molecule has 0 aromatic rings. The Morgan fingerprint density at radius 3 is 2.75 bits per heavy atom. The van der Waals surface area contributed by atoms with Gasteiger partial charge in [-0.25, -0.2) is 0 Å². The first-order valence-electron chi connectivity index (χ1n) is 2.83. The minimum atomic E-state index is 0.257. The molecule has 3 nitrogen and oxygen atoms in total. The molecule has 3 heteroatoms. The van der Waals surface area contributed by atoms with Crippen molar-refractivity contribution in [2.75, 3.05) is 6.54 Å². The summed E-state index contributed by atoms with van der Waals surface area (Å²) in [6.07, 6.45) is 1.76. The largest absolute Gasteiger partial charge is 0.387 e. The molecule has 0 spiro atoms. The zero-order valence-electron chi connectivity index (χ0n) is 4.80. The number of nitrogens with two attached hydrogens (primary N) is 2. The highest BCUT2D eigenvalue weighted by molar-refractivity contribution is 5.81. The third-order valence-corrected chi connectivity index (χ3v) is 1.29. The van der Waals surface area contributed by atoms with Gasteiger partial charge in [-0.15, -0.1) is 0 Å². The van der Waals surface area contributed by atoms with Crippen LogP contribution in [-0.2, 0) is 0 Å². The predicted molar refractivity (Wildman–Crippen MR) is 33.7 cm³/mol. The molecular weight excluding hydrogens is 102 g/mol. The molecule has 1 aliphatic rings. The molecule has 0 saturated carbocycles. The van der Waals surface area contributed by atoms with Crippen LogP contribution in [0.5, 0.6) is 0 Å². The molecule has 0 fully saturated rings. The number of rotatable bonds is 0. The summed E-state index contributed by atoms with van der Waals surface area (Å²) >= 11 is 0. The second-order valence-electron chi connectivity index (χ2n) is 2.13. The molecule has 0 aromatic carbocycles. The molecule has 0 amide bonds. The summed E-state index contributed by atoms with van der Waals surface area (Å²) in [4.78, 5) is 3.99. The summed E-state index contributed by atoms with van der Waals surface area (Å²) in [7, 11) is 0. The van der Waals surface area contributed by atoms with Gasteiger partial charge in [0.05, 0.1) is 5.84 Å². The predicted octanol–water partition coefficient (Wildman–Crippen LogP) is -0.535. The van der Waals surface area contributed by atoms with Crippen LogP contribution < -0.4 is 11.5 Å². The van der Waals surface area contributed by atoms with Gasteiger partial charge in [-0.3, -0.25) is 4.99 Å². The summed E-state index contributed by atoms with van der Waals surface area (Å²) in [5, 5.41) is 0. The second kappa shape index (κ2) is 2.13. The minimum absolute atomic E-state index is 0.257. The lowest BCUT2D eigenvalue weighted by Crippen LogP contribution is -2.32. The van der Waals surface area contributed by atoms with E-state index in [1.807, 2.05) is 0 Å². The maximum atomic E-state index is 5.56. The molecule has 0 saturated heterocycles. The molecule has 1 heterocycles. The van der Waals surface area contributed by atoms with Gasteiger partial charge in [0.1, 0.15) is 0 Å². The molecule has 0 bridgehead atoms. The highest BCUT2D eigenvalue weighted by atomic mass is 14.9. The lowest BCUT2D eigenvalue weighted by atomic mass is 10.1. The first-order chi connectivity index (χ1) is 3.79. The topological polar surface area (TPSA) is 64.4 Å². The van der Waals surface area contributed by atoms with Crippen molar-refractivity contribution in [3.05, 3.63) is 0 Å². The van der Waals surface area contributed by atoms with Crippen molar-refractivity contribution in [1.29, 1.82) is 0 Å². The summed E-state index contributed by atoms with van der Waals surface area (Å²) in [6.45, 7) is 0.812. The van der Waals surface area contributed by atoms with Gasteiger partial charge in [-0.2, -0.15) is 0 Å². The van der Waals surface area contributed by atoms with E-state index in [0.717, 1.165) is 19.4 Å². The van der Waals surface area contributed by atoms with Crippen LogP contribution in [0.3, 0.4) is 0 Å². The Morgan fingerprint density at radius 2 is 2.38 bits per heavy atom. The van der Waals surface area contributed by atoms with Gasteiger partial charge in [0.15, 0.2) is 0 Å². The fraction of sp³-hybridized carbons (Fsp3) is 0.800. The Morgan fingerprint density at radius 1 is 1.62 bits per heavy atom. The van der Waals surface area contributed by atoms with Crippen molar-refractivity contribution in [2.45, 2.75) is 18.9 Å². The summed E-state index contributed by atoms with van der Waals surface area (Å²) < 4.78 is 0. The van der Waals surface area contributed by atoms with Gasteiger partial charge in [-0.05, 0) is 6.42 Å². The van der Waals surface area contributed by atoms with Crippen LogP contribution in [0.1, 0.15) is 12.8 Å². The third kappa shape index (κ3) is 1.20. The van der Waals surface area contributed by atoms with Gasteiger partial charge in [0, 0.05) is 19.0 Å². The number of aliphatic imine (C=N–C) groups is 1. The van der Waals surface area contributed by atoms with Gasteiger partial charge in [0.25, 0.3) is 0 Å². The summed E-state index contributed by atoms with van der Waals surface area (Å²) in [5.74, 6) is 0.712. The zero-order chi connectivity index (χ0) is 5.98. The van der Waals surface area contributed by atoms with E-state index in [1.165, 1.54) is 0 Å². The minimum Gasteiger partial charge on any atom is -0.387 e. The maximum Gasteiger partial charge on any atom is 0.0952 e. The molecule has 1 unspecified atom stereocenters. The maximum absolute atomic E-state index is 5.56. The highest BCUT2D eigenvalue weighted by Gasteiger charge is 2.08. The Balaban J connectivity index is 2.45. The number of amidine groups is 1. The molecule has 1 aliphatic heterocycles. The SMILES string of the molecule is NC1=NCCC(N)C1. The standard InChI is InChI=1S/C5H11N3/c6-4-1-2-8-5(7)3-4/h4H,1-3,6H2,(H2,7,8). The van der Waals surface area contributed by atoms with Crippen LogP contribution in [0.15, 0.2) is 4.99 Å². The van der Waals surface area contributed by atoms with Crippen LogP contribution in [0.25, 0.3) is 0 Å². The summed E-state index contributed by atoms with van der Waals surface area (Å²) in [6, 6.07) is 0.257. The Labute approximate surface area is 48.8 Å². The van der Waals surface area contributed by atoms with Crippen molar-refractivity contribution < 1.29 is 0 Å². The average Bonchev–Trinajstić information content (AvgIpc) is 1.64. The summed E-state index contributed by atoms with van der Waals surface area (Å²) in [5.41, 5.74) is 11.0. The van der Waals surface area contributed by atoms with E-state index in [1.54, 1.807) is 0 Å². The smallest absolute Gasteiger partial charge is 0.0952 e. The van der Waals surface area contributed by atoms with E-state index in [2.05, 4.69) is 4.99 Å². The normalized spacial score (nSPS) is 29.6. The lowest BCUT2D eigenvalue weighted by molar-refractivity contribution is 0.616. The van der Waals surface area contributed by atoms with Gasteiger partial charge in [-0.1, -0.05) is 0 Å². The van der Waals surface area contributed by atoms with Gasteiger partial charge in [0.2, 0.25) is 0 Å². The molecule has 0 aliphatic carbocycles. The Hall–Kier alpha value is -0.570. The molecule has 8 heavy (non-hydrogen) atoms. The monoisotopic (exact) mass is 113 g/mol. The quantitative estimate of drug-likeness (QED) is 0.443. The van der Waals surface area contributed by atoms with E-state index in [4.69, 9.17) is 11.5 Å². The van der Waals surface area contributed by atoms with E-state index < -0.39 is 0 Å². The van der Waals surface area contributed by atoms with Crippen molar-refractivity contribution in [1.82, 2.24) is 0 Å². The molecule has 46 valence electrons. The first kappa shape index (κ1) is 5.56.